The molecule has 0 spiro atoms. The lowest BCUT2D eigenvalue weighted by Gasteiger charge is -2.28. The molecule has 43 heavy (non-hydrogen) atoms. The zero-order chi connectivity index (χ0) is 32.4. The first-order chi connectivity index (χ1) is 20.1. The molecule has 1 aromatic carbocycles. The van der Waals surface area contributed by atoms with Gasteiger partial charge in [0.25, 0.3) is 0 Å². The van der Waals surface area contributed by atoms with Gasteiger partial charge in [-0.3, -0.25) is 19.2 Å². The molecular weight excluding hydrogens is 577 g/mol. The summed E-state index contributed by atoms with van der Waals surface area (Å²) in [7, 11) is 1.19. The second-order valence-electron chi connectivity index (χ2n) is 11.3. The second kappa shape index (κ2) is 15.6. The first-order valence-corrected chi connectivity index (χ1v) is 14.0. The molecule has 0 aromatic heterocycles. The summed E-state index contributed by atoms with van der Waals surface area (Å²) in [5, 5.41) is 13.2. The van der Waals surface area contributed by atoms with Crippen molar-refractivity contribution < 1.29 is 41.1 Å². The molecule has 2 N–H and O–H groups in total. The second-order valence-corrected chi connectivity index (χ2v) is 11.3. The third-order valence-corrected chi connectivity index (χ3v) is 7.10. The molecule has 1 heterocycles. The number of rotatable bonds is 9. The van der Waals surface area contributed by atoms with E-state index in [2.05, 4.69) is 12.2 Å². The molecule has 0 radical (unpaired) electrons. The van der Waals surface area contributed by atoms with Gasteiger partial charge in [-0.1, -0.05) is 57.7 Å². The largest absolute Gasteiger partial charge is 0.463 e. The minimum Gasteiger partial charge on any atom is -0.339 e. The smallest absolute Gasteiger partial charge is 0.339 e. The Labute approximate surface area is 247 Å². The lowest BCUT2D eigenvalue weighted by Crippen LogP contribution is -2.57. The van der Waals surface area contributed by atoms with Crippen LogP contribution in [0, 0.1) is 29.1 Å². The average molecular weight is 616 g/mol. The molecule has 1 aliphatic heterocycles. The van der Waals surface area contributed by atoms with Crippen molar-refractivity contribution in [1.29, 1.82) is 5.26 Å². The van der Waals surface area contributed by atoms with Gasteiger partial charge in [0.05, 0.1) is 12.6 Å². The zero-order valence-electron chi connectivity index (χ0n) is 24.4. The molecule has 4 rings (SSSR count). The van der Waals surface area contributed by atoms with Crippen LogP contribution in [0.3, 0.4) is 0 Å². The summed E-state index contributed by atoms with van der Waals surface area (Å²) < 4.78 is 63.9. The number of hydrogen-bond acceptors (Lipinski definition) is 5. The van der Waals surface area contributed by atoms with Gasteiger partial charge in [0.15, 0.2) is 0 Å². The topological polar surface area (TPSA) is 123 Å². The molecule has 1 aromatic rings. The Hall–Kier alpha value is -3.76. The lowest BCUT2D eigenvalue weighted by molar-refractivity contribution is -0.270. The van der Waals surface area contributed by atoms with Crippen LogP contribution >= 0.6 is 0 Å². The van der Waals surface area contributed by atoms with Gasteiger partial charge in [-0.2, -0.15) is 27.2 Å². The molecule has 0 bridgehead atoms. The minimum absolute atomic E-state index is 0.0785. The monoisotopic (exact) mass is 615 g/mol. The average Bonchev–Trinajstić information content (AvgIpc) is 3.88. The van der Waals surface area contributed by atoms with Gasteiger partial charge in [-0.25, -0.2) is 0 Å². The maximum absolute atomic E-state index is 13.3. The van der Waals surface area contributed by atoms with Crippen LogP contribution in [-0.4, -0.2) is 78.3 Å². The number of nitrogens with zero attached hydrogens (tertiary/aromatic N) is 3. The Morgan fingerprint density at radius 1 is 1.07 bits per heavy atom. The van der Waals surface area contributed by atoms with Crippen LogP contribution in [0.5, 0.6) is 0 Å². The predicted octanol–water partition coefficient (Wildman–Crippen LogP) is 4.36. The number of carbonyl (C=O) groups is 4. The van der Waals surface area contributed by atoms with Crippen molar-refractivity contribution in [2.75, 3.05) is 25.5 Å². The molecule has 3 unspecified atom stereocenters. The number of para-hydroxylation sites is 1. The van der Waals surface area contributed by atoms with E-state index in [4.69, 9.17) is 5.26 Å². The van der Waals surface area contributed by atoms with Crippen molar-refractivity contribution in [3.63, 3.8) is 0 Å². The van der Waals surface area contributed by atoms with E-state index in [0.717, 1.165) is 16.5 Å². The van der Waals surface area contributed by atoms with Gasteiger partial charge in [0.2, 0.25) is 18.2 Å². The summed E-state index contributed by atoms with van der Waals surface area (Å²) in [6.45, 7) is 3.96. The predicted molar refractivity (Wildman–Crippen MR) is 147 cm³/mol. The number of carbonyl (C=O) groups excluding carboxylic acids is 4. The number of likely N-dealkylation sites (N-methyl/N-ethyl adjacent to an activating group) is 1. The van der Waals surface area contributed by atoms with Crippen molar-refractivity contribution in [2.45, 2.75) is 76.6 Å². The van der Waals surface area contributed by atoms with Crippen LogP contribution in [0.25, 0.3) is 0 Å². The minimum atomic E-state index is -6.09. The number of benzene rings is 1. The summed E-state index contributed by atoms with van der Waals surface area (Å²) in [6, 6.07) is 9.02. The molecule has 238 valence electrons. The van der Waals surface area contributed by atoms with Crippen LogP contribution in [0.2, 0.25) is 0 Å². The molecule has 14 heteroatoms. The van der Waals surface area contributed by atoms with E-state index in [1.807, 2.05) is 43.3 Å². The summed E-state index contributed by atoms with van der Waals surface area (Å²) >= 11 is 0. The molecule has 3 fully saturated rings. The van der Waals surface area contributed by atoms with E-state index < -0.39 is 48.4 Å². The quantitative estimate of drug-likeness (QED) is 0.316. The van der Waals surface area contributed by atoms with Crippen molar-refractivity contribution in [3.05, 3.63) is 30.3 Å². The fraction of sp³-hybridized carbons (Fsp3) is 0.621. The van der Waals surface area contributed by atoms with Crippen LogP contribution in [0.15, 0.2) is 30.3 Å². The number of halogens is 5. The van der Waals surface area contributed by atoms with Gasteiger partial charge in [-0.15, -0.1) is 0 Å². The number of nitrogens with one attached hydrogen (secondary N) is 2. The summed E-state index contributed by atoms with van der Waals surface area (Å²) in [4.78, 5) is 48.7. The van der Waals surface area contributed by atoms with E-state index in [1.54, 1.807) is 0 Å². The Morgan fingerprint density at radius 2 is 1.65 bits per heavy atom. The van der Waals surface area contributed by atoms with Crippen LogP contribution in [0.4, 0.5) is 27.6 Å². The number of hydrogen-bond donors (Lipinski definition) is 2. The van der Waals surface area contributed by atoms with Crippen LogP contribution < -0.4 is 10.6 Å². The summed E-state index contributed by atoms with van der Waals surface area (Å²) in [6.07, 6.45) is -0.757. The maximum atomic E-state index is 13.3. The summed E-state index contributed by atoms with van der Waals surface area (Å²) in [5.41, 5.74) is 0.826. The van der Waals surface area contributed by atoms with E-state index in [0.29, 0.717) is 32.2 Å². The van der Waals surface area contributed by atoms with Gasteiger partial charge >= 0.3 is 18.0 Å². The number of alkyl halides is 5. The molecular formula is C29H38F5N5O4. The van der Waals surface area contributed by atoms with E-state index in [9.17, 15) is 41.1 Å². The van der Waals surface area contributed by atoms with Crippen molar-refractivity contribution >= 4 is 29.8 Å². The highest BCUT2D eigenvalue weighted by Gasteiger charge is 2.63. The number of anilines is 1. The standard InChI is InChI=1S/C18H23F5N4O3.C7H7NO.C4H8/c1-10-5-12(7-24)27(8-10)14(28)9-26(2)15(29)13(6-11-3-4-11)25-16(30)17(19,20)18(21,22)23;9-6-8-7-4-2-1-3-5-7;1-4-2-3-4/h10-13H,3-6,8-9H2,1-2H3,(H,25,30);1-6H,(H,8,9);4H,2-3H2,1H3. The van der Waals surface area contributed by atoms with Crippen molar-refractivity contribution in [3.8, 4) is 6.07 Å². The fourth-order valence-electron chi connectivity index (χ4n) is 4.14. The first-order valence-electron chi connectivity index (χ1n) is 14.0. The van der Waals surface area contributed by atoms with Crippen LogP contribution in [0.1, 0.15) is 52.4 Å². The molecule has 9 nitrogen and oxygen atoms in total. The number of amides is 4. The highest BCUT2D eigenvalue weighted by Crippen LogP contribution is 2.37. The molecule has 3 aliphatic rings. The SMILES string of the molecule is CC1CC(C#N)N(C(=O)CN(C)C(=O)C(CC2CC2)NC(=O)C(F)(F)C(F)(F)F)C1.CC1CC1.O=CNc1ccccc1. The lowest BCUT2D eigenvalue weighted by atomic mass is 10.1. The third kappa shape index (κ3) is 11.4. The first kappa shape index (κ1) is 35.4. The van der Waals surface area contributed by atoms with Gasteiger partial charge in [-0.05, 0) is 42.7 Å². The molecule has 2 aliphatic carbocycles. The van der Waals surface area contributed by atoms with E-state index in [1.165, 1.54) is 30.1 Å². The Bertz CT molecular complexity index is 1140. The van der Waals surface area contributed by atoms with Gasteiger partial charge < -0.3 is 20.4 Å². The number of likely N-dealkylation sites (tertiary alicyclic amines) is 1. The maximum Gasteiger partial charge on any atom is 0.463 e. The molecule has 1 saturated heterocycles. The van der Waals surface area contributed by atoms with E-state index >= 15 is 0 Å². The highest BCUT2D eigenvalue weighted by molar-refractivity contribution is 5.92. The van der Waals surface area contributed by atoms with Gasteiger partial charge in [0.1, 0.15) is 12.1 Å². The van der Waals surface area contributed by atoms with Gasteiger partial charge in [0, 0.05) is 19.3 Å². The number of nitriles is 1. The molecule has 2 saturated carbocycles. The fourth-order valence-corrected chi connectivity index (χ4v) is 4.14. The van der Waals surface area contributed by atoms with Crippen LogP contribution in [-0.2, 0) is 19.2 Å². The molecule has 3 atom stereocenters. The summed E-state index contributed by atoms with van der Waals surface area (Å²) in [5.74, 6) is -8.64. The normalized spacial score (nSPS) is 20.2. The van der Waals surface area contributed by atoms with E-state index in [-0.39, 0.29) is 18.3 Å². The Morgan fingerprint density at radius 3 is 2.12 bits per heavy atom. The van der Waals surface area contributed by atoms with Crippen molar-refractivity contribution in [2.24, 2.45) is 17.8 Å². The Balaban J connectivity index is 0.000000404. The third-order valence-electron chi connectivity index (χ3n) is 7.10. The molecule has 4 amide bonds. The Kier molecular flexibility index (Phi) is 12.9. The highest BCUT2D eigenvalue weighted by atomic mass is 19.4. The zero-order valence-corrected chi connectivity index (χ0v) is 24.4. The van der Waals surface area contributed by atoms with Crippen molar-refractivity contribution in [1.82, 2.24) is 15.1 Å².